The summed E-state index contributed by atoms with van der Waals surface area (Å²) in [4.78, 5) is 11.7. The van der Waals surface area contributed by atoms with Crippen molar-refractivity contribution >= 4 is 26.6 Å². The second-order valence-corrected chi connectivity index (χ2v) is 6.08. The molecule has 0 radical (unpaired) electrons. The van der Waals surface area contributed by atoms with Gasteiger partial charge in [-0.15, -0.1) is 0 Å². The Kier molecular flexibility index (Phi) is 2.90. The van der Waals surface area contributed by atoms with Gasteiger partial charge in [-0.3, -0.25) is 9.52 Å². The van der Waals surface area contributed by atoms with Crippen LogP contribution in [0.1, 0.15) is 5.56 Å². The molecule has 2 rings (SSSR count). The molecular formula is C12H14N2O3S. The van der Waals surface area contributed by atoms with Gasteiger partial charge in [0.15, 0.2) is 0 Å². The van der Waals surface area contributed by atoms with E-state index in [4.69, 9.17) is 0 Å². The highest BCUT2D eigenvalue weighted by Crippen LogP contribution is 2.20. The van der Waals surface area contributed by atoms with Crippen LogP contribution in [0.3, 0.4) is 0 Å². The first-order valence-electron chi connectivity index (χ1n) is 5.36. The normalized spacial score (nSPS) is 11.7. The smallest absolute Gasteiger partial charge is 0.251 e. The molecule has 0 unspecified atom stereocenters. The summed E-state index contributed by atoms with van der Waals surface area (Å²) in [6.07, 6.45) is 1.09. The minimum absolute atomic E-state index is 0.114. The van der Waals surface area contributed by atoms with Crippen molar-refractivity contribution in [2.45, 2.75) is 6.92 Å². The summed E-state index contributed by atoms with van der Waals surface area (Å²) in [5.74, 6) is 0. The Labute approximate surface area is 105 Å². The highest BCUT2D eigenvalue weighted by Gasteiger charge is 2.07. The molecule has 18 heavy (non-hydrogen) atoms. The van der Waals surface area contributed by atoms with Gasteiger partial charge in [0, 0.05) is 18.5 Å². The molecule has 1 aromatic heterocycles. The van der Waals surface area contributed by atoms with Crippen molar-refractivity contribution < 1.29 is 8.42 Å². The van der Waals surface area contributed by atoms with Crippen LogP contribution in [0, 0.1) is 6.92 Å². The van der Waals surface area contributed by atoms with Gasteiger partial charge < -0.3 is 4.57 Å². The van der Waals surface area contributed by atoms with Gasteiger partial charge in [0.2, 0.25) is 10.0 Å². The lowest BCUT2D eigenvalue weighted by Crippen LogP contribution is -2.17. The van der Waals surface area contributed by atoms with Crippen molar-refractivity contribution in [3.8, 4) is 0 Å². The van der Waals surface area contributed by atoms with Crippen molar-refractivity contribution in [2.24, 2.45) is 7.05 Å². The van der Waals surface area contributed by atoms with Crippen LogP contribution >= 0.6 is 0 Å². The van der Waals surface area contributed by atoms with E-state index in [1.165, 1.54) is 4.57 Å². The number of anilines is 1. The van der Waals surface area contributed by atoms with E-state index in [0.717, 1.165) is 17.2 Å². The molecule has 0 spiro atoms. The minimum Gasteiger partial charge on any atom is -0.311 e. The highest BCUT2D eigenvalue weighted by atomic mass is 32.2. The van der Waals surface area contributed by atoms with E-state index in [1.807, 2.05) is 6.92 Å². The fraction of sp³-hybridized carbons (Fsp3) is 0.250. The molecule has 0 atom stereocenters. The van der Waals surface area contributed by atoms with E-state index in [2.05, 4.69) is 4.72 Å². The monoisotopic (exact) mass is 266 g/mol. The number of aromatic nitrogens is 1. The van der Waals surface area contributed by atoms with Crippen LogP contribution in [0.2, 0.25) is 0 Å². The number of hydrogen-bond donors (Lipinski definition) is 1. The molecule has 0 saturated heterocycles. The molecule has 6 heteroatoms. The average molecular weight is 266 g/mol. The van der Waals surface area contributed by atoms with Gasteiger partial charge in [-0.05, 0) is 24.6 Å². The molecule has 0 bridgehead atoms. The summed E-state index contributed by atoms with van der Waals surface area (Å²) in [5.41, 5.74) is 1.91. The van der Waals surface area contributed by atoms with Gasteiger partial charge in [-0.1, -0.05) is 6.07 Å². The number of hydrogen-bond acceptors (Lipinski definition) is 3. The van der Waals surface area contributed by atoms with Gasteiger partial charge in [-0.25, -0.2) is 8.42 Å². The van der Waals surface area contributed by atoms with E-state index in [1.54, 1.807) is 31.3 Å². The Hall–Kier alpha value is -1.82. The van der Waals surface area contributed by atoms with Crippen molar-refractivity contribution in [1.29, 1.82) is 0 Å². The number of sulfonamides is 1. The molecule has 96 valence electrons. The Morgan fingerprint density at radius 1 is 1.22 bits per heavy atom. The van der Waals surface area contributed by atoms with Crippen LogP contribution < -0.4 is 10.3 Å². The maximum absolute atomic E-state index is 11.7. The van der Waals surface area contributed by atoms with Crippen molar-refractivity contribution in [1.82, 2.24) is 4.57 Å². The molecular weight excluding hydrogens is 252 g/mol. The summed E-state index contributed by atoms with van der Waals surface area (Å²) < 4.78 is 26.2. The van der Waals surface area contributed by atoms with E-state index in [-0.39, 0.29) is 5.56 Å². The molecule has 0 saturated carbocycles. The molecule has 0 aliphatic rings. The number of nitrogens with zero attached hydrogens (tertiary/aromatic N) is 1. The lowest BCUT2D eigenvalue weighted by molar-refractivity contribution is 0.607. The standard InChI is InChI=1S/C12H14N2O3S/c1-8-6-12(15)14(2)11-7-9(4-5-10(8)11)13-18(3,16)17/h4-7,13H,1-3H3. The van der Waals surface area contributed by atoms with E-state index in [9.17, 15) is 13.2 Å². The van der Waals surface area contributed by atoms with Gasteiger partial charge >= 0.3 is 0 Å². The Morgan fingerprint density at radius 3 is 2.50 bits per heavy atom. The number of benzene rings is 1. The van der Waals surface area contributed by atoms with Crippen LogP contribution in [0.15, 0.2) is 29.1 Å². The maximum Gasteiger partial charge on any atom is 0.251 e. The van der Waals surface area contributed by atoms with Crippen molar-refractivity contribution in [3.63, 3.8) is 0 Å². The van der Waals surface area contributed by atoms with Crippen LogP contribution in [0.5, 0.6) is 0 Å². The quantitative estimate of drug-likeness (QED) is 0.888. The Morgan fingerprint density at radius 2 is 1.89 bits per heavy atom. The fourth-order valence-corrected chi connectivity index (χ4v) is 2.45. The number of aryl methyl sites for hydroxylation is 2. The zero-order chi connectivity index (χ0) is 13.5. The minimum atomic E-state index is -3.32. The Balaban J connectivity index is 2.72. The van der Waals surface area contributed by atoms with Gasteiger partial charge in [0.05, 0.1) is 17.5 Å². The number of rotatable bonds is 2. The first-order valence-corrected chi connectivity index (χ1v) is 7.25. The van der Waals surface area contributed by atoms with E-state index in [0.29, 0.717) is 11.2 Å². The molecule has 1 heterocycles. The van der Waals surface area contributed by atoms with Crippen molar-refractivity contribution in [3.05, 3.63) is 40.2 Å². The first kappa shape index (κ1) is 12.6. The molecule has 0 amide bonds. The molecule has 0 aliphatic carbocycles. The molecule has 0 aliphatic heterocycles. The summed E-state index contributed by atoms with van der Waals surface area (Å²) in [6, 6.07) is 6.70. The zero-order valence-electron chi connectivity index (χ0n) is 10.4. The van der Waals surface area contributed by atoms with E-state index >= 15 is 0 Å². The predicted octanol–water partition coefficient (Wildman–Crippen LogP) is 1.22. The van der Waals surface area contributed by atoms with Gasteiger partial charge in [-0.2, -0.15) is 0 Å². The van der Waals surface area contributed by atoms with Crippen LogP contribution in [-0.2, 0) is 17.1 Å². The lowest BCUT2D eigenvalue weighted by Gasteiger charge is -2.10. The molecule has 1 aromatic carbocycles. The number of pyridine rings is 1. The summed E-state index contributed by atoms with van der Waals surface area (Å²) in [5, 5.41) is 0.927. The summed E-state index contributed by atoms with van der Waals surface area (Å²) in [6.45, 7) is 1.85. The predicted molar refractivity (Wildman–Crippen MR) is 72.4 cm³/mol. The third kappa shape index (κ3) is 2.38. The van der Waals surface area contributed by atoms with Gasteiger partial charge in [0.25, 0.3) is 5.56 Å². The molecule has 0 fully saturated rings. The lowest BCUT2D eigenvalue weighted by atomic mass is 10.1. The first-order chi connectivity index (χ1) is 8.28. The second-order valence-electron chi connectivity index (χ2n) is 4.33. The molecule has 5 nitrogen and oxygen atoms in total. The Bertz CT molecular complexity index is 776. The fourth-order valence-electron chi connectivity index (χ4n) is 1.90. The highest BCUT2D eigenvalue weighted by molar-refractivity contribution is 7.92. The topological polar surface area (TPSA) is 68.2 Å². The molecule has 1 N–H and O–H groups in total. The van der Waals surface area contributed by atoms with E-state index < -0.39 is 10.0 Å². The maximum atomic E-state index is 11.7. The molecule has 2 aromatic rings. The summed E-state index contributed by atoms with van der Waals surface area (Å²) >= 11 is 0. The second kappa shape index (κ2) is 4.13. The third-order valence-electron chi connectivity index (χ3n) is 2.76. The average Bonchev–Trinajstić information content (AvgIpc) is 2.23. The van der Waals surface area contributed by atoms with Crippen LogP contribution in [0.25, 0.3) is 10.9 Å². The number of fused-ring (bicyclic) bond motifs is 1. The number of nitrogens with one attached hydrogen (secondary N) is 1. The zero-order valence-corrected chi connectivity index (χ0v) is 11.2. The largest absolute Gasteiger partial charge is 0.311 e. The summed E-state index contributed by atoms with van der Waals surface area (Å²) in [7, 11) is -1.66. The van der Waals surface area contributed by atoms with Crippen LogP contribution in [0.4, 0.5) is 5.69 Å². The van der Waals surface area contributed by atoms with Crippen molar-refractivity contribution in [2.75, 3.05) is 11.0 Å². The third-order valence-corrected chi connectivity index (χ3v) is 3.36. The van der Waals surface area contributed by atoms with Crippen LogP contribution in [-0.4, -0.2) is 19.2 Å². The SMILES string of the molecule is Cc1cc(=O)n(C)c2cc(NS(C)(=O)=O)ccc12. The van der Waals surface area contributed by atoms with Gasteiger partial charge in [0.1, 0.15) is 0 Å².